The van der Waals surface area contributed by atoms with Crippen molar-refractivity contribution in [2.75, 3.05) is 7.05 Å². The van der Waals surface area contributed by atoms with E-state index in [-0.39, 0.29) is 24.1 Å². The minimum Gasteiger partial charge on any atom is -0.471 e. The lowest BCUT2D eigenvalue weighted by molar-refractivity contribution is -0.137. The number of fused-ring (bicyclic) bond motifs is 1. The summed E-state index contributed by atoms with van der Waals surface area (Å²) in [6.45, 7) is 0.166. The van der Waals surface area contributed by atoms with Gasteiger partial charge < -0.3 is 14.0 Å². The number of benzene rings is 1. The topological polar surface area (TPSA) is 64.7 Å². The summed E-state index contributed by atoms with van der Waals surface area (Å²) in [5.74, 6) is -0.253. The molecule has 1 amide bonds. The Balaban J connectivity index is 1.38. The molecule has 0 saturated heterocycles. The summed E-state index contributed by atoms with van der Waals surface area (Å²) in [6, 6.07) is 11.7. The van der Waals surface area contributed by atoms with Crippen LogP contribution in [0, 0.1) is 0 Å². The Bertz CT molecular complexity index is 1180. The first-order valence-electron chi connectivity index (χ1n) is 9.31. The largest absolute Gasteiger partial charge is 0.471 e. The predicted octanol–water partition coefficient (Wildman–Crippen LogP) is 3.86. The summed E-state index contributed by atoms with van der Waals surface area (Å²) < 4.78 is 47.0. The minimum absolute atomic E-state index is 0.0576. The van der Waals surface area contributed by atoms with E-state index in [1.165, 1.54) is 34.0 Å². The number of aromatic nitrogens is 4. The molecule has 4 rings (SSSR count). The number of imidazole rings is 1. The number of carbonyl (C=O) groups excluding carboxylic acids is 1. The third-order valence-corrected chi connectivity index (χ3v) is 4.54. The van der Waals surface area contributed by atoms with E-state index in [9.17, 15) is 18.0 Å². The van der Waals surface area contributed by atoms with Crippen molar-refractivity contribution in [3.05, 3.63) is 84.1 Å². The van der Waals surface area contributed by atoms with Gasteiger partial charge in [-0.1, -0.05) is 12.1 Å². The molecule has 4 aromatic rings. The van der Waals surface area contributed by atoms with Crippen molar-refractivity contribution in [1.82, 2.24) is 24.1 Å². The summed E-state index contributed by atoms with van der Waals surface area (Å²) in [7, 11) is 1.64. The van der Waals surface area contributed by atoms with E-state index in [4.69, 9.17) is 4.74 Å². The number of ether oxygens (including phenoxy) is 1. The molecule has 10 heteroatoms. The first-order chi connectivity index (χ1) is 14.8. The molecule has 0 aliphatic carbocycles. The highest BCUT2D eigenvalue weighted by molar-refractivity contribution is 5.91. The third-order valence-electron chi connectivity index (χ3n) is 4.54. The molecule has 7 nitrogen and oxygen atoms in total. The highest BCUT2D eigenvalue weighted by Crippen LogP contribution is 2.31. The second kappa shape index (κ2) is 8.13. The minimum atomic E-state index is -4.45. The fourth-order valence-electron chi connectivity index (χ4n) is 3.02. The van der Waals surface area contributed by atoms with E-state index in [1.54, 1.807) is 7.05 Å². The molecule has 0 spiro atoms. The van der Waals surface area contributed by atoms with Gasteiger partial charge in [-0.15, -0.1) is 0 Å². The molecule has 0 bridgehead atoms. The molecule has 3 heterocycles. The zero-order valence-corrected chi connectivity index (χ0v) is 16.5. The molecule has 1 aromatic carbocycles. The summed E-state index contributed by atoms with van der Waals surface area (Å²) in [5.41, 5.74) is 0.914. The van der Waals surface area contributed by atoms with Gasteiger partial charge in [-0.05, 0) is 36.4 Å². The number of pyridine rings is 1. The Kier molecular flexibility index (Phi) is 5.37. The molecule has 0 saturated carbocycles. The second-order valence-corrected chi connectivity index (χ2v) is 6.90. The van der Waals surface area contributed by atoms with Crippen molar-refractivity contribution >= 4 is 11.6 Å². The van der Waals surface area contributed by atoms with Gasteiger partial charge in [0.25, 0.3) is 5.91 Å². The number of hydrogen-bond donors (Lipinski definition) is 0. The third kappa shape index (κ3) is 4.68. The van der Waals surface area contributed by atoms with Gasteiger partial charge in [-0.25, -0.2) is 9.67 Å². The molecule has 0 atom stereocenters. The Morgan fingerprint density at radius 2 is 1.97 bits per heavy atom. The number of halogens is 3. The highest BCUT2D eigenvalue weighted by atomic mass is 19.4. The molecule has 0 aliphatic rings. The highest BCUT2D eigenvalue weighted by Gasteiger charge is 2.30. The van der Waals surface area contributed by atoms with Gasteiger partial charge in [-0.2, -0.15) is 18.3 Å². The van der Waals surface area contributed by atoms with Crippen LogP contribution in [-0.4, -0.2) is 37.0 Å². The molecule has 0 fully saturated rings. The molecule has 31 heavy (non-hydrogen) atoms. The van der Waals surface area contributed by atoms with Crippen molar-refractivity contribution in [1.29, 1.82) is 0 Å². The molecule has 3 aromatic heterocycles. The van der Waals surface area contributed by atoms with E-state index in [1.807, 2.05) is 35.0 Å². The van der Waals surface area contributed by atoms with Gasteiger partial charge in [0.1, 0.15) is 11.4 Å². The Hall–Kier alpha value is -3.82. The van der Waals surface area contributed by atoms with Gasteiger partial charge in [0, 0.05) is 25.6 Å². The Morgan fingerprint density at radius 3 is 2.74 bits per heavy atom. The second-order valence-electron chi connectivity index (χ2n) is 6.90. The van der Waals surface area contributed by atoms with Crippen molar-refractivity contribution in [3.8, 4) is 5.75 Å². The lowest BCUT2D eigenvalue weighted by Crippen LogP contribution is -2.27. The molecule has 0 aliphatic heterocycles. The monoisotopic (exact) mass is 429 g/mol. The lowest BCUT2D eigenvalue weighted by atomic mass is 10.2. The summed E-state index contributed by atoms with van der Waals surface area (Å²) in [5, 5.41) is 4.15. The normalized spacial score (nSPS) is 11.6. The SMILES string of the molecule is CN(Cc1cn2ccccc2n1)C(=O)c1ccn(COc2cccc(C(F)(F)F)c2)n1. The van der Waals surface area contributed by atoms with Crippen LogP contribution in [0.3, 0.4) is 0 Å². The van der Waals surface area contributed by atoms with E-state index in [2.05, 4.69) is 10.1 Å². The fourth-order valence-corrected chi connectivity index (χ4v) is 3.02. The van der Waals surface area contributed by atoms with Crippen LogP contribution in [-0.2, 0) is 19.5 Å². The zero-order valence-electron chi connectivity index (χ0n) is 16.5. The first-order valence-corrected chi connectivity index (χ1v) is 9.31. The van der Waals surface area contributed by atoms with Crippen LogP contribution in [0.4, 0.5) is 13.2 Å². The zero-order chi connectivity index (χ0) is 22.0. The molecular formula is C21H18F3N5O2. The number of nitrogens with zero attached hydrogens (tertiary/aromatic N) is 5. The molecular weight excluding hydrogens is 411 g/mol. The van der Waals surface area contributed by atoms with Gasteiger partial charge in [0.05, 0.1) is 17.8 Å². The maximum atomic E-state index is 12.8. The molecule has 160 valence electrons. The lowest BCUT2D eigenvalue weighted by Gasteiger charge is -2.14. The molecule has 0 N–H and O–H groups in total. The quantitative estimate of drug-likeness (QED) is 0.467. The van der Waals surface area contributed by atoms with Gasteiger partial charge in [-0.3, -0.25) is 4.79 Å². The maximum Gasteiger partial charge on any atom is 0.416 e. The Labute approximate surface area is 175 Å². The van der Waals surface area contributed by atoms with Crippen LogP contribution in [0.15, 0.2) is 67.1 Å². The number of alkyl halides is 3. The van der Waals surface area contributed by atoms with Crippen molar-refractivity contribution in [3.63, 3.8) is 0 Å². The maximum absolute atomic E-state index is 12.8. The van der Waals surface area contributed by atoms with E-state index >= 15 is 0 Å². The van der Waals surface area contributed by atoms with Crippen molar-refractivity contribution in [2.45, 2.75) is 19.5 Å². The van der Waals surface area contributed by atoms with Crippen LogP contribution in [0.25, 0.3) is 5.65 Å². The van der Waals surface area contributed by atoms with Crippen LogP contribution in [0.2, 0.25) is 0 Å². The van der Waals surface area contributed by atoms with Crippen LogP contribution < -0.4 is 4.74 Å². The number of hydrogen-bond acceptors (Lipinski definition) is 4. The molecule has 0 radical (unpaired) electrons. The standard InChI is InChI=1S/C21H18F3N5O2/c1-27(12-16-13-28-9-3-2-7-19(28)25-16)20(30)18-8-10-29(26-18)14-31-17-6-4-5-15(11-17)21(22,23)24/h2-11,13H,12,14H2,1H3. The number of amides is 1. The van der Waals surface area contributed by atoms with Gasteiger partial charge in [0.15, 0.2) is 12.4 Å². The van der Waals surface area contributed by atoms with Crippen molar-refractivity contribution < 1.29 is 22.7 Å². The van der Waals surface area contributed by atoms with Crippen molar-refractivity contribution in [2.24, 2.45) is 0 Å². The van der Waals surface area contributed by atoms with Gasteiger partial charge >= 0.3 is 6.18 Å². The first kappa shape index (κ1) is 20.5. The average molecular weight is 429 g/mol. The van der Waals surface area contributed by atoms with Gasteiger partial charge in [0.2, 0.25) is 0 Å². The van der Waals surface area contributed by atoms with Crippen LogP contribution >= 0.6 is 0 Å². The summed E-state index contributed by atoms with van der Waals surface area (Å²) in [4.78, 5) is 18.6. The summed E-state index contributed by atoms with van der Waals surface area (Å²) in [6.07, 6.45) is 0.802. The van der Waals surface area contributed by atoms with E-state index in [0.717, 1.165) is 23.5 Å². The predicted molar refractivity (Wildman–Crippen MR) is 105 cm³/mol. The molecule has 0 unspecified atom stereocenters. The Morgan fingerprint density at radius 1 is 1.13 bits per heavy atom. The average Bonchev–Trinajstić information content (AvgIpc) is 3.37. The summed E-state index contributed by atoms with van der Waals surface area (Å²) >= 11 is 0. The smallest absolute Gasteiger partial charge is 0.416 e. The number of carbonyl (C=O) groups is 1. The van der Waals surface area contributed by atoms with E-state index < -0.39 is 11.7 Å². The van der Waals surface area contributed by atoms with E-state index in [0.29, 0.717) is 6.54 Å². The fraction of sp³-hybridized carbons (Fsp3) is 0.190. The number of rotatable bonds is 6. The van der Waals surface area contributed by atoms with Crippen LogP contribution in [0.1, 0.15) is 21.7 Å². The van der Waals surface area contributed by atoms with Crippen LogP contribution in [0.5, 0.6) is 5.75 Å².